The molecule has 102 valence electrons. The number of hydrogen-bond donors (Lipinski definition) is 0. The molecule has 1 aliphatic heterocycles. The monoisotopic (exact) mass is 250 g/mol. The predicted molar refractivity (Wildman–Crippen MR) is 72.8 cm³/mol. The Balaban J connectivity index is 2.63. The number of hydrogen-bond acceptors (Lipinski definition) is 2. The first-order chi connectivity index (χ1) is 8.40. The number of carbonyl (C=O) groups is 1. The largest absolute Gasteiger partial charge is 0.342 e. The van der Waals surface area contributed by atoms with Gasteiger partial charge in [-0.2, -0.15) is 5.26 Å². The third kappa shape index (κ3) is 3.73. The Morgan fingerprint density at radius 2 is 2.06 bits per heavy atom. The minimum atomic E-state index is -0.448. The highest BCUT2D eigenvalue weighted by Gasteiger charge is 2.30. The molecule has 2 unspecified atom stereocenters. The number of nitrogens with zero attached hydrogens (tertiary/aromatic N) is 2. The Bertz CT molecular complexity index is 324. The Labute approximate surface area is 111 Å². The molecule has 3 heteroatoms. The molecule has 1 amide bonds. The van der Waals surface area contributed by atoms with Gasteiger partial charge in [0, 0.05) is 13.1 Å². The van der Waals surface area contributed by atoms with Crippen LogP contribution in [0.4, 0.5) is 0 Å². The first-order valence-electron chi connectivity index (χ1n) is 7.08. The van der Waals surface area contributed by atoms with Crippen molar-refractivity contribution in [2.75, 3.05) is 13.1 Å². The third-order valence-corrected chi connectivity index (χ3v) is 4.13. The lowest BCUT2D eigenvalue weighted by molar-refractivity contribution is -0.133. The van der Waals surface area contributed by atoms with Crippen molar-refractivity contribution in [3.8, 4) is 6.07 Å². The van der Waals surface area contributed by atoms with Crippen LogP contribution in [0.25, 0.3) is 0 Å². The Morgan fingerprint density at radius 1 is 1.39 bits per heavy atom. The van der Waals surface area contributed by atoms with E-state index in [2.05, 4.69) is 26.8 Å². The lowest BCUT2D eigenvalue weighted by Gasteiger charge is -2.30. The summed E-state index contributed by atoms with van der Waals surface area (Å²) in [5, 5.41) is 8.98. The molecule has 0 aromatic carbocycles. The van der Waals surface area contributed by atoms with Gasteiger partial charge in [0.25, 0.3) is 0 Å². The molecule has 1 aliphatic rings. The van der Waals surface area contributed by atoms with Gasteiger partial charge < -0.3 is 4.90 Å². The third-order valence-electron chi connectivity index (χ3n) is 4.13. The van der Waals surface area contributed by atoms with E-state index < -0.39 is 5.92 Å². The van der Waals surface area contributed by atoms with Crippen LogP contribution in [-0.4, -0.2) is 23.9 Å². The zero-order chi connectivity index (χ0) is 13.8. The van der Waals surface area contributed by atoms with Gasteiger partial charge >= 0.3 is 0 Å². The van der Waals surface area contributed by atoms with E-state index in [9.17, 15) is 4.79 Å². The zero-order valence-corrected chi connectivity index (χ0v) is 12.2. The first kappa shape index (κ1) is 15.0. The van der Waals surface area contributed by atoms with Crippen LogP contribution < -0.4 is 0 Å². The molecular formula is C15H26N2O. The smallest absolute Gasteiger partial charge is 0.239 e. The summed E-state index contributed by atoms with van der Waals surface area (Å²) >= 11 is 0. The quantitative estimate of drug-likeness (QED) is 0.755. The van der Waals surface area contributed by atoms with Crippen molar-refractivity contribution in [1.82, 2.24) is 4.90 Å². The Morgan fingerprint density at radius 3 is 2.56 bits per heavy atom. The lowest BCUT2D eigenvalue weighted by Crippen LogP contribution is -2.36. The van der Waals surface area contributed by atoms with E-state index in [0.717, 1.165) is 25.9 Å². The molecule has 1 saturated heterocycles. The molecule has 0 bridgehead atoms. The summed E-state index contributed by atoms with van der Waals surface area (Å²) in [7, 11) is 0. The molecule has 0 saturated carbocycles. The number of amides is 1. The molecule has 18 heavy (non-hydrogen) atoms. The van der Waals surface area contributed by atoms with Crippen LogP contribution in [0.1, 0.15) is 53.4 Å². The zero-order valence-electron chi connectivity index (χ0n) is 12.2. The Kier molecular flexibility index (Phi) is 5.19. The molecule has 1 heterocycles. The van der Waals surface area contributed by atoms with Gasteiger partial charge in [0.05, 0.1) is 6.07 Å². The summed E-state index contributed by atoms with van der Waals surface area (Å²) in [6, 6.07) is 2.12. The van der Waals surface area contributed by atoms with Crippen LogP contribution in [0.5, 0.6) is 0 Å². The van der Waals surface area contributed by atoms with E-state index in [0.29, 0.717) is 17.8 Å². The van der Waals surface area contributed by atoms with Gasteiger partial charge in [-0.1, -0.05) is 27.7 Å². The summed E-state index contributed by atoms with van der Waals surface area (Å²) in [6.07, 6.45) is 3.94. The van der Waals surface area contributed by atoms with E-state index in [1.165, 1.54) is 6.42 Å². The average Bonchev–Trinajstić information content (AvgIpc) is 2.55. The number of likely N-dealkylation sites (tertiary alicyclic amines) is 1. The van der Waals surface area contributed by atoms with Crippen LogP contribution in [-0.2, 0) is 4.79 Å². The number of rotatable bonds is 2. The van der Waals surface area contributed by atoms with Crippen LogP contribution in [0.3, 0.4) is 0 Å². The maximum Gasteiger partial charge on any atom is 0.239 e. The van der Waals surface area contributed by atoms with E-state index in [4.69, 9.17) is 5.26 Å². The number of nitriles is 1. The van der Waals surface area contributed by atoms with Crippen molar-refractivity contribution in [1.29, 1.82) is 5.26 Å². The second kappa shape index (κ2) is 6.22. The van der Waals surface area contributed by atoms with Crippen molar-refractivity contribution in [2.24, 2.45) is 17.3 Å². The average molecular weight is 250 g/mol. The topological polar surface area (TPSA) is 44.1 Å². The molecule has 0 spiro atoms. The van der Waals surface area contributed by atoms with E-state index in [1.54, 1.807) is 0 Å². The van der Waals surface area contributed by atoms with Crippen LogP contribution >= 0.6 is 0 Å². The highest BCUT2D eigenvalue weighted by molar-refractivity contribution is 5.81. The minimum absolute atomic E-state index is 0.0366. The van der Waals surface area contributed by atoms with Crippen molar-refractivity contribution >= 4 is 5.91 Å². The molecule has 0 aromatic heterocycles. The molecule has 1 fully saturated rings. The second-order valence-corrected chi connectivity index (χ2v) is 6.41. The fourth-order valence-corrected chi connectivity index (χ4v) is 2.72. The van der Waals surface area contributed by atoms with Crippen LogP contribution in [0, 0.1) is 28.6 Å². The lowest BCUT2D eigenvalue weighted by atomic mass is 9.77. The SMILES string of the molecule is CCC(C#N)C(=O)N1CCCC(C(C)(C)C)CC1. The number of carbonyl (C=O) groups excluding carboxylic acids is 1. The van der Waals surface area contributed by atoms with Crippen LogP contribution in [0.2, 0.25) is 0 Å². The normalized spacial score (nSPS) is 23.1. The highest BCUT2D eigenvalue weighted by atomic mass is 16.2. The maximum atomic E-state index is 12.2. The Hall–Kier alpha value is -1.04. The van der Waals surface area contributed by atoms with Crippen LogP contribution in [0.15, 0.2) is 0 Å². The molecular weight excluding hydrogens is 224 g/mol. The molecule has 3 nitrogen and oxygen atoms in total. The summed E-state index contributed by atoms with van der Waals surface area (Å²) < 4.78 is 0. The van der Waals surface area contributed by atoms with Gasteiger partial charge in [-0.25, -0.2) is 0 Å². The summed E-state index contributed by atoms with van der Waals surface area (Å²) in [5.41, 5.74) is 0.318. The van der Waals surface area contributed by atoms with Crippen molar-refractivity contribution in [2.45, 2.75) is 53.4 Å². The predicted octanol–water partition coefficient (Wildman–Crippen LogP) is 3.21. The van der Waals surface area contributed by atoms with Gasteiger partial charge in [0.15, 0.2) is 0 Å². The van der Waals surface area contributed by atoms with Gasteiger partial charge in [-0.05, 0) is 37.0 Å². The van der Waals surface area contributed by atoms with Crippen molar-refractivity contribution < 1.29 is 4.79 Å². The molecule has 0 aromatic rings. The highest BCUT2D eigenvalue weighted by Crippen LogP contribution is 2.34. The van der Waals surface area contributed by atoms with E-state index in [1.807, 2.05) is 11.8 Å². The molecule has 1 rings (SSSR count). The molecule has 0 aliphatic carbocycles. The van der Waals surface area contributed by atoms with Crippen molar-refractivity contribution in [3.05, 3.63) is 0 Å². The summed E-state index contributed by atoms with van der Waals surface area (Å²) in [6.45, 7) is 10.4. The molecule has 0 radical (unpaired) electrons. The van der Waals surface area contributed by atoms with Gasteiger partial charge in [0.1, 0.15) is 5.92 Å². The van der Waals surface area contributed by atoms with Gasteiger partial charge in [0.2, 0.25) is 5.91 Å². The summed E-state index contributed by atoms with van der Waals surface area (Å²) in [5.74, 6) is 0.267. The van der Waals surface area contributed by atoms with E-state index in [-0.39, 0.29) is 5.91 Å². The van der Waals surface area contributed by atoms with Gasteiger partial charge in [-0.15, -0.1) is 0 Å². The first-order valence-corrected chi connectivity index (χ1v) is 7.08. The second-order valence-electron chi connectivity index (χ2n) is 6.41. The van der Waals surface area contributed by atoms with Gasteiger partial charge in [-0.3, -0.25) is 4.79 Å². The maximum absolute atomic E-state index is 12.2. The standard InChI is InChI=1S/C15H26N2O/c1-5-12(11-16)14(18)17-9-6-7-13(8-10-17)15(2,3)4/h12-13H,5-10H2,1-4H3. The fraction of sp³-hybridized carbons (Fsp3) is 0.867. The minimum Gasteiger partial charge on any atom is -0.342 e. The fourth-order valence-electron chi connectivity index (χ4n) is 2.72. The molecule has 0 N–H and O–H groups in total. The molecule has 2 atom stereocenters. The van der Waals surface area contributed by atoms with E-state index >= 15 is 0 Å². The van der Waals surface area contributed by atoms with Crippen molar-refractivity contribution in [3.63, 3.8) is 0 Å². The summed E-state index contributed by atoms with van der Waals surface area (Å²) in [4.78, 5) is 14.1.